The fraction of sp³-hybridized carbons (Fsp3) is 0.364. The molecule has 0 atom stereocenters. The van der Waals surface area contributed by atoms with Gasteiger partial charge in [0.25, 0.3) is 0 Å². The van der Waals surface area contributed by atoms with Gasteiger partial charge in [0.05, 0.1) is 0 Å². The molecule has 1 aliphatic rings. The Bertz CT molecular complexity index is 580. The second-order valence-electron chi connectivity index (χ2n) is 4.17. The summed E-state index contributed by atoms with van der Waals surface area (Å²) in [6.07, 6.45) is 4.39. The molecule has 0 spiro atoms. The Morgan fingerprint density at radius 3 is 2.94 bits per heavy atom. The van der Waals surface area contributed by atoms with Crippen LogP contribution in [-0.2, 0) is 7.05 Å². The quantitative estimate of drug-likeness (QED) is 0.809. The van der Waals surface area contributed by atoms with Crippen LogP contribution < -0.4 is 0 Å². The summed E-state index contributed by atoms with van der Waals surface area (Å²) in [5.41, 5.74) is 2.04. The highest BCUT2D eigenvalue weighted by molar-refractivity contribution is 7.71. The Labute approximate surface area is 98.3 Å². The van der Waals surface area contributed by atoms with Crippen LogP contribution >= 0.6 is 12.2 Å². The van der Waals surface area contributed by atoms with Crippen molar-refractivity contribution in [2.75, 3.05) is 0 Å². The van der Waals surface area contributed by atoms with Crippen molar-refractivity contribution in [1.29, 1.82) is 0 Å². The molecule has 4 nitrogen and oxygen atoms in total. The minimum atomic E-state index is 0.640. The van der Waals surface area contributed by atoms with Gasteiger partial charge < -0.3 is 4.98 Å². The predicted octanol–water partition coefficient (Wildman–Crippen LogP) is 2.42. The standard InChI is InChI=1S/C11H12N4S/c1-15-5-4-8(14-15)11-12-9(7-2-3-7)6-10(16)13-11/h4-7H,2-3H2,1H3,(H,12,13,16). The number of hydrogen-bond acceptors (Lipinski definition) is 3. The smallest absolute Gasteiger partial charge is 0.159 e. The average molecular weight is 232 g/mol. The van der Waals surface area contributed by atoms with E-state index in [0.29, 0.717) is 10.6 Å². The summed E-state index contributed by atoms with van der Waals surface area (Å²) in [7, 11) is 1.89. The third kappa shape index (κ3) is 1.78. The number of rotatable bonds is 2. The Morgan fingerprint density at radius 2 is 2.31 bits per heavy atom. The van der Waals surface area contributed by atoms with E-state index in [1.54, 1.807) is 4.68 Å². The van der Waals surface area contributed by atoms with Crippen LogP contribution in [0.1, 0.15) is 24.5 Å². The fourth-order valence-electron chi connectivity index (χ4n) is 1.75. The van der Waals surface area contributed by atoms with Crippen LogP contribution in [0.25, 0.3) is 11.5 Å². The lowest BCUT2D eigenvalue weighted by Gasteiger charge is -2.02. The Kier molecular flexibility index (Phi) is 2.14. The third-order valence-electron chi connectivity index (χ3n) is 2.74. The van der Waals surface area contributed by atoms with E-state index in [9.17, 15) is 0 Å². The molecular weight excluding hydrogens is 220 g/mol. The molecule has 0 radical (unpaired) electrons. The number of aryl methyl sites for hydroxylation is 1. The van der Waals surface area contributed by atoms with Crippen LogP contribution in [0.3, 0.4) is 0 Å². The van der Waals surface area contributed by atoms with Gasteiger partial charge in [0.1, 0.15) is 10.3 Å². The van der Waals surface area contributed by atoms with E-state index in [1.807, 2.05) is 25.4 Å². The molecule has 5 heteroatoms. The number of nitrogens with zero attached hydrogens (tertiary/aromatic N) is 3. The van der Waals surface area contributed by atoms with E-state index in [2.05, 4.69) is 15.1 Å². The number of aromatic amines is 1. The highest BCUT2D eigenvalue weighted by Crippen LogP contribution is 2.39. The number of H-pyrrole nitrogens is 1. The molecule has 0 unspecified atom stereocenters. The van der Waals surface area contributed by atoms with E-state index >= 15 is 0 Å². The monoisotopic (exact) mass is 232 g/mol. The lowest BCUT2D eigenvalue weighted by Crippen LogP contribution is -1.96. The molecule has 82 valence electrons. The van der Waals surface area contributed by atoms with Crippen molar-refractivity contribution in [2.45, 2.75) is 18.8 Å². The van der Waals surface area contributed by atoms with Crippen molar-refractivity contribution in [3.63, 3.8) is 0 Å². The summed E-state index contributed by atoms with van der Waals surface area (Å²) in [5, 5.41) is 4.32. The van der Waals surface area contributed by atoms with Gasteiger partial charge in [-0.15, -0.1) is 0 Å². The molecule has 0 saturated heterocycles. The molecule has 1 saturated carbocycles. The molecule has 16 heavy (non-hydrogen) atoms. The maximum absolute atomic E-state index is 5.18. The summed E-state index contributed by atoms with van der Waals surface area (Å²) in [6, 6.07) is 3.89. The second kappa shape index (κ2) is 3.52. The lowest BCUT2D eigenvalue weighted by molar-refractivity contribution is 0.768. The summed E-state index contributed by atoms with van der Waals surface area (Å²) in [5.74, 6) is 1.42. The van der Waals surface area contributed by atoms with Gasteiger partial charge in [0.15, 0.2) is 5.82 Å². The number of hydrogen-bond donors (Lipinski definition) is 1. The van der Waals surface area contributed by atoms with Gasteiger partial charge in [0, 0.05) is 18.9 Å². The van der Waals surface area contributed by atoms with Crippen molar-refractivity contribution < 1.29 is 0 Å². The Balaban J connectivity index is 2.09. The molecule has 1 N–H and O–H groups in total. The highest BCUT2D eigenvalue weighted by Gasteiger charge is 2.25. The molecule has 1 fully saturated rings. The molecule has 1 aliphatic carbocycles. The average Bonchev–Trinajstić information content (AvgIpc) is 3.01. The van der Waals surface area contributed by atoms with Gasteiger partial charge in [-0.05, 0) is 30.9 Å². The van der Waals surface area contributed by atoms with Crippen LogP contribution in [0.4, 0.5) is 0 Å². The number of aromatic nitrogens is 4. The zero-order valence-corrected chi connectivity index (χ0v) is 9.79. The first-order chi connectivity index (χ1) is 7.72. The van der Waals surface area contributed by atoms with Gasteiger partial charge >= 0.3 is 0 Å². The maximum Gasteiger partial charge on any atom is 0.159 e. The van der Waals surface area contributed by atoms with Crippen molar-refractivity contribution in [3.05, 3.63) is 28.7 Å². The first-order valence-electron chi connectivity index (χ1n) is 5.33. The van der Waals surface area contributed by atoms with Gasteiger partial charge in [-0.2, -0.15) is 5.10 Å². The number of nitrogens with one attached hydrogen (secondary N) is 1. The Morgan fingerprint density at radius 1 is 1.50 bits per heavy atom. The highest BCUT2D eigenvalue weighted by atomic mass is 32.1. The van der Waals surface area contributed by atoms with Gasteiger partial charge in [-0.1, -0.05) is 12.2 Å². The van der Waals surface area contributed by atoms with Crippen molar-refractivity contribution in [1.82, 2.24) is 19.7 Å². The largest absolute Gasteiger partial charge is 0.342 e. The van der Waals surface area contributed by atoms with E-state index in [1.165, 1.54) is 18.5 Å². The first kappa shape index (κ1) is 9.72. The topological polar surface area (TPSA) is 46.5 Å². The van der Waals surface area contributed by atoms with Crippen LogP contribution in [0.2, 0.25) is 0 Å². The Hall–Kier alpha value is -1.49. The fourth-order valence-corrected chi connectivity index (χ4v) is 1.97. The van der Waals surface area contributed by atoms with E-state index in [0.717, 1.165) is 11.5 Å². The predicted molar refractivity (Wildman–Crippen MR) is 63.6 cm³/mol. The summed E-state index contributed by atoms with van der Waals surface area (Å²) >= 11 is 5.18. The van der Waals surface area contributed by atoms with E-state index in [4.69, 9.17) is 12.2 Å². The van der Waals surface area contributed by atoms with Crippen LogP contribution in [0, 0.1) is 4.64 Å². The zero-order valence-electron chi connectivity index (χ0n) is 8.97. The second-order valence-corrected chi connectivity index (χ2v) is 4.59. The molecular formula is C11H12N4S. The third-order valence-corrected chi connectivity index (χ3v) is 2.95. The van der Waals surface area contributed by atoms with Crippen molar-refractivity contribution in [3.8, 4) is 11.5 Å². The van der Waals surface area contributed by atoms with Gasteiger partial charge in [-0.3, -0.25) is 4.68 Å². The molecule has 2 aromatic rings. The molecule has 0 bridgehead atoms. The molecule has 0 amide bonds. The van der Waals surface area contributed by atoms with Crippen molar-refractivity contribution >= 4 is 12.2 Å². The SMILES string of the molecule is Cn1ccc(-c2nc(=S)cc(C3CC3)[nH]2)n1. The zero-order chi connectivity index (χ0) is 11.1. The molecule has 2 heterocycles. The summed E-state index contributed by atoms with van der Waals surface area (Å²) < 4.78 is 2.40. The summed E-state index contributed by atoms with van der Waals surface area (Å²) in [4.78, 5) is 7.63. The minimum absolute atomic E-state index is 0.640. The summed E-state index contributed by atoms with van der Waals surface area (Å²) in [6.45, 7) is 0. The van der Waals surface area contributed by atoms with E-state index < -0.39 is 0 Å². The van der Waals surface area contributed by atoms with Crippen LogP contribution in [0.5, 0.6) is 0 Å². The molecule has 2 aromatic heterocycles. The van der Waals surface area contributed by atoms with Crippen LogP contribution in [0.15, 0.2) is 18.3 Å². The molecule has 3 rings (SSSR count). The van der Waals surface area contributed by atoms with Gasteiger partial charge in [-0.25, -0.2) is 4.98 Å². The lowest BCUT2D eigenvalue weighted by atomic mass is 10.3. The molecule has 0 aromatic carbocycles. The minimum Gasteiger partial charge on any atom is -0.342 e. The molecule has 0 aliphatic heterocycles. The first-order valence-corrected chi connectivity index (χ1v) is 5.74. The normalized spacial score (nSPS) is 15.3. The van der Waals surface area contributed by atoms with Crippen molar-refractivity contribution in [2.24, 2.45) is 7.05 Å². The van der Waals surface area contributed by atoms with Gasteiger partial charge in [0.2, 0.25) is 0 Å². The van der Waals surface area contributed by atoms with E-state index in [-0.39, 0.29) is 0 Å². The maximum atomic E-state index is 5.18. The van der Waals surface area contributed by atoms with Crippen LogP contribution in [-0.4, -0.2) is 19.7 Å².